The Morgan fingerprint density at radius 1 is 1.36 bits per heavy atom. The van der Waals surface area contributed by atoms with Crippen LogP contribution in [0.25, 0.3) is 0 Å². The van der Waals surface area contributed by atoms with Crippen LogP contribution in [0.1, 0.15) is 47.0 Å². The predicted octanol–water partition coefficient (Wildman–Crippen LogP) is 2.70. The highest BCUT2D eigenvalue weighted by molar-refractivity contribution is 7.46. The van der Waals surface area contributed by atoms with Gasteiger partial charge in [-0.05, 0) is 26.2 Å². The average molecular weight is 224 g/mol. The molecule has 0 radical (unpaired) electrons. The van der Waals surface area contributed by atoms with Gasteiger partial charge in [0.05, 0.1) is 5.60 Å². The van der Waals surface area contributed by atoms with Crippen LogP contribution in [0.3, 0.4) is 0 Å². The van der Waals surface area contributed by atoms with Gasteiger partial charge >= 0.3 is 7.82 Å². The van der Waals surface area contributed by atoms with Gasteiger partial charge < -0.3 is 9.79 Å². The molecule has 0 bridgehead atoms. The largest absolute Gasteiger partial charge is 0.470 e. The van der Waals surface area contributed by atoms with Crippen molar-refractivity contribution in [2.24, 2.45) is 5.92 Å². The van der Waals surface area contributed by atoms with E-state index < -0.39 is 13.4 Å². The Kier molecular flexibility index (Phi) is 5.31. The Hall–Kier alpha value is 0.110. The van der Waals surface area contributed by atoms with Gasteiger partial charge in [0, 0.05) is 0 Å². The molecule has 0 aliphatic rings. The number of phosphoric ester groups is 1. The quantitative estimate of drug-likeness (QED) is 0.681. The molecule has 0 aromatic rings. The summed E-state index contributed by atoms with van der Waals surface area (Å²) < 4.78 is 15.3. The number of phosphoric acid groups is 1. The summed E-state index contributed by atoms with van der Waals surface area (Å²) in [6, 6.07) is 0. The number of hydrogen-bond acceptors (Lipinski definition) is 2. The first kappa shape index (κ1) is 14.1. The molecule has 0 heterocycles. The van der Waals surface area contributed by atoms with Crippen molar-refractivity contribution in [3.63, 3.8) is 0 Å². The van der Waals surface area contributed by atoms with Gasteiger partial charge in [0.2, 0.25) is 0 Å². The third-order valence-corrected chi connectivity index (χ3v) is 2.66. The third-order valence-electron chi connectivity index (χ3n) is 1.93. The molecule has 0 fully saturated rings. The monoisotopic (exact) mass is 224 g/mol. The highest BCUT2D eigenvalue weighted by atomic mass is 31.2. The molecule has 0 aliphatic carbocycles. The number of hydrogen-bond donors (Lipinski definition) is 2. The van der Waals surface area contributed by atoms with E-state index in [9.17, 15) is 4.57 Å². The molecule has 0 spiro atoms. The zero-order valence-corrected chi connectivity index (χ0v) is 10.3. The summed E-state index contributed by atoms with van der Waals surface area (Å²) in [5, 5.41) is 0. The van der Waals surface area contributed by atoms with Crippen LogP contribution in [0.2, 0.25) is 0 Å². The molecule has 86 valence electrons. The van der Waals surface area contributed by atoms with Crippen LogP contribution in [-0.4, -0.2) is 15.4 Å². The van der Waals surface area contributed by atoms with Gasteiger partial charge in [-0.25, -0.2) is 4.57 Å². The lowest BCUT2D eigenvalue weighted by Crippen LogP contribution is -2.22. The molecule has 0 saturated heterocycles. The second kappa shape index (κ2) is 5.26. The van der Waals surface area contributed by atoms with E-state index in [2.05, 4.69) is 18.4 Å². The molecular formula is C9H21O4P. The maximum Gasteiger partial charge on any atom is 0.470 e. The first-order valence-corrected chi connectivity index (χ1v) is 6.42. The molecule has 0 aliphatic heterocycles. The maximum atomic E-state index is 10.6. The van der Waals surface area contributed by atoms with Gasteiger partial charge in [-0.15, -0.1) is 0 Å². The van der Waals surface area contributed by atoms with Crippen molar-refractivity contribution in [1.82, 2.24) is 0 Å². The van der Waals surface area contributed by atoms with E-state index in [1.807, 2.05) is 0 Å². The zero-order chi connectivity index (χ0) is 11.4. The Morgan fingerprint density at radius 2 is 1.86 bits per heavy atom. The van der Waals surface area contributed by atoms with E-state index in [-0.39, 0.29) is 0 Å². The summed E-state index contributed by atoms with van der Waals surface area (Å²) in [5.41, 5.74) is -0.742. The second-order valence-corrected chi connectivity index (χ2v) is 5.79. The van der Waals surface area contributed by atoms with Gasteiger partial charge in [-0.1, -0.05) is 26.7 Å². The van der Waals surface area contributed by atoms with Crippen molar-refractivity contribution in [3.8, 4) is 0 Å². The highest BCUT2D eigenvalue weighted by Crippen LogP contribution is 2.42. The summed E-state index contributed by atoms with van der Waals surface area (Å²) >= 11 is 0. The Labute approximate surface area is 85.9 Å². The molecule has 5 heteroatoms. The standard InChI is InChI=1S/C9H21O4P/c1-8(2)6-5-7-9(3,4)13-14(10,11)12/h8H,5-7H2,1-4H3,(H2,10,11,12). The fourth-order valence-electron chi connectivity index (χ4n) is 1.30. The lowest BCUT2D eigenvalue weighted by molar-refractivity contribution is 0.0552. The minimum absolute atomic E-state index is 0.612. The van der Waals surface area contributed by atoms with E-state index in [0.29, 0.717) is 12.3 Å². The van der Waals surface area contributed by atoms with Crippen molar-refractivity contribution < 1.29 is 18.9 Å². The number of rotatable bonds is 6. The van der Waals surface area contributed by atoms with E-state index in [1.54, 1.807) is 13.8 Å². The molecule has 2 N–H and O–H groups in total. The smallest absolute Gasteiger partial charge is 0.303 e. The molecule has 0 unspecified atom stereocenters. The van der Waals surface area contributed by atoms with Crippen LogP contribution in [0.4, 0.5) is 0 Å². The van der Waals surface area contributed by atoms with Crippen LogP contribution >= 0.6 is 7.82 Å². The topological polar surface area (TPSA) is 66.8 Å². The molecule has 0 atom stereocenters. The van der Waals surface area contributed by atoms with E-state index >= 15 is 0 Å². The normalized spacial score (nSPS) is 13.6. The van der Waals surface area contributed by atoms with Crippen LogP contribution in [0.15, 0.2) is 0 Å². The summed E-state index contributed by atoms with van der Waals surface area (Å²) in [7, 11) is -4.35. The minimum Gasteiger partial charge on any atom is -0.303 e. The lowest BCUT2D eigenvalue weighted by Gasteiger charge is -2.25. The van der Waals surface area contributed by atoms with E-state index in [0.717, 1.165) is 12.8 Å². The van der Waals surface area contributed by atoms with Crippen LogP contribution in [0.5, 0.6) is 0 Å². The van der Waals surface area contributed by atoms with Gasteiger partial charge in [-0.2, -0.15) is 0 Å². The molecule has 0 rings (SSSR count). The summed E-state index contributed by atoms with van der Waals surface area (Å²) in [6.07, 6.45) is 2.63. The maximum absolute atomic E-state index is 10.6. The Bertz CT molecular complexity index is 207. The zero-order valence-electron chi connectivity index (χ0n) is 9.36. The lowest BCUT2D eigenvalue weighted by atomic mass is 9.98. The van der Waals surface area contributed by atoms with Crippen LogP contribution < -0.4 is 0 Å². The first-order valence-electron chi connectivity index (χ1n) is 4.89. The van der Waals surface area contributed by atoms with Crippen molar-refractivity contribution in [2.75, 3.05) is 0 Å². The Morgan fingerprint density at radius 3 is 2.21 bits per heavy atom. The molecule has 0 aromatic carbocycles. The van der Waals surface area contributed by atoms with Gasteiger partial charge in [0.15, 0.2) is 0 Å². The second-order valence-electron chi connectivity index (χ2n) is 4.63. The summed E-state index contributed by atoms with van der Waals surface area (Å²) in [4.78, 5) is 17.3. The third kappa shape index (κ3) is 8.70. The fourth-order valence-corrected chi connectivity index (χ4v) is 2.04. The molecule has 0 amide bonds. The minimum atomic E-state index is -4.35. The molecule has 0 saturated carbocycles. The van der Waals surface area contributed by atoms with Gasteiger partial charge in [0.1, 0.15) is 0 Å². The molecule has 0 aromatic heterocycles. The van der Waals surface area contributed by atoms with E-state index in [1.165, 1.54) is 0 Å². The summed E-state index contributed by atoms with van der Waals surface area (Å²) in [5.74, 6) is 0.612. The Balaban J connectivity index is 3.90. The fraction of sp³-hybridized carbons (Fsp3) is 1.00. The molecular weight excluding hydrogens is 203 g/mol. The van der Waals surface area contributed by atoms with E-state index in [4.69, 9.17) is 9.79 Å². The van der Waals surface area contributed by atoms with Crippen molar-refractivity contribution in [2.45, 2.75) is 52.6 Å². The van der Waals surface area contributed by atoms with Crippen molar-refractivity contribution >= 4 is 7.82 Å². The van der Waals surface area contributed by atoms with Crippen molar-refractivity contribution in [3.05, 3.63) is 0 Å². The predicted molar refractivity (Wildman–Crippen MR) is 55.9 cm³/mol. The van der Waals surface area contributed by atoms with Gasteiger partial charge in [-0.3, -0.25) is 4.52 Å². The summed E-state index contributed by atoms with van der Waals surface area (Å²) in [6.45, 7) is 7.65. The molecule has 4 nitrogen and oxygen atoms in total. The first-order chi connectivity index (χ1) is 6.12. The van der Waals surface area contributed by atoms with Crippen molar-refractivity contribution in [1.29, 1.82) is 0 Å². The molecule has 14 heavy (non-hydrogen) atoms. The van der Waals surface area contributed by atoms with Crippen LogP contribution in [-0.2, 0) is 9.09 Å². The van der Waals surface area contributed by atoms with Crippen LogP contribution in [0, 0.1) is 5.92 Å². The highest BCUT2D eigenvalue weighted by Gasteiger charge is 2.28. The van der Waals surface area contributed by atoms with Gasteiger partial charge in [0.25, 0.3) is 0 Å². The average Bonchev–Trinajstić information content (AvgIpc) is 1.78. The SMILES string of the molecule is CC(C)CCCC(C)(C)OP(=O)(O)O.